The molecule has 96 valence electrons. The number of rotatable bonds is 4. The normalized spacial score (nSPS) is 9.95. The summed E-state index contributed by atoms with van der Waals surface area (Å²) in [5, 5.41) is 12.3. The van der Waals surface area contributed by atoms with Crippen molar-refractivity contribution in [3.63, 3.8) is 0 Å². The molecule has 0 atom stereocenters. The third-order valence-electron chi connectivity index (χ3n) is 2.81. The monoisotopic (exact) mass is 314 g/mol. The molecule has 0 bridgehead atoms. The van der Waals surface area contributed by atoms with Gasteiger partial charge in [-0.2, -0.15) is 5.26 Å². The highest BCUT2D eigenvalue weighted by molar-refractivity contribution is 9.10. The lowest BCUT2D eigenvalue weighted by Crippen LogP contribution is -1.92. The topological polar surface area (TPSA) is 35.8 Å². The van der Waals surface area contributed by atoms with E-state index in [9.17, 15) is 0 Å². The summed E-state index contributed by atoms with van der Waals surface area (Å²) in [4.78, 5) is 0. The predicted octanol–water partition coefficient (Wildman–Crippen LogP) is 5.02. The number of nitrogens with zero attached hydrogens (tertiary/aromatic N) is 1. The van der Waals surface area contributed by atoms with E-state index in [1.807, 2.05) is 12.1 Å². The second-order valence-electron chi connectivity index (χ2n) is 4.41. The molecule has 2 aromatic rings. The first-order chi connectivity index (χ1) is 9.21. The number of benzene rings is 2. The van der Waals surface area contributed by atoms with Crippen LogP contribution in [-0.4, -0.2) is 0 Å². The van der Waals surface area contributed by atoms with Gasteiger partial charge in [-0.25, -0.2) is 0 Å². The Hall–Kier alpha value is -1.79. The fourth-order valence-corrected chi connectivity index (χ4v) is 2.43. The number of halogens is 1. The predicted molar refractivity (Wildman–Crippen MR) is 82.6 cm³/mol. The average Bonchev–Trinajstić information content (AvgIpc) is 2.40. The van der Waals surface area contributed by atoms with Gasteiger partial charge < -0.3 is 5.32 Å². The fraction of sp³-hybridized carbons (Fsp3) is 0.188. The molecule has 1 N–H and O–H groups in total. The van der Waals surface area contributed by atoms with Gasteiger partial charge in [0.25, 0.3) is 0 Å². The first kappa shape index (κ1) is 13.6. The minimum Gasteiger partial charge on any atom is -0.355 e. The number of nitriles is 1. The summed E-state index contributed by atoms with van der Waals surface area (Å²) in [5.41, 5.74) is 3.93. The van der Waals surface area contributed by atoms with E-state index in [2.05, 4.69) is 58.5 Å². The van der Waals surface area contributed by atoms with E-state index in [1.165, 1.54) is 5.56 Å². The van der Waals surface area contributed by atoms with Crippen LogP contribution in [0.25, 0.3) is 0 Å². The summed E-state index contributed by atoms with van der Waals surface area (Å²) in [6, 6.07) is 16.2. The Balaban J connectivity index is 2.17. The molecule has 3 heteroatoms. The molecule has 0 radical (unpaired) electrons. The lowest BCUT2D eigenvalue weighted by atomic mass is 10.1. The van der Waals surface area contributed by atoms with Gasteiger partial charge in [0.2, 0.25) is 0 Å². The molecule has 2 aromatic carbocycles. The molecule has 0 aliphatic carbocycles. The van der Waals surface area contributed by atoms with E-state index >= 15 is 0 Å². The second kappa shape index (κ2) is 6.40. The molecule has 0 aromatic heterocycles. The molecule has 2 nitrogen and oxygen atoms in total. The lowest BCUT2D eigenvalue weighted by Gasteiger charge is -2.08. The van der Waals surface area contributed by atoms with Gasteiger partial charge in [0.05, 0.1) is 11.6 Å². The zero-order valence-corrected chi connectivity index (χ0v) is 12.4. The molecule has 0 fully saturated rings. The van der Waals surface area contributed by atoms with Gasteiger partial charge >= 0.3 is 0 Å². The maximum atomic E-state index is 8.95. The molecule has 0 amide bonds. The Morgan fingerprint density at radius 2 is 1.84 bits per heavy atom. The molecular formula is C16H15BrN2. The van der Waals surface area contributed by atoms with Crippen molar-refractivity contribution in [3.8, 4) is 6.07 Å². The molecular weight excluding hydrogens is 300 g/mol. The van der Waals surface area contributed by atoms with Crippen molar-refractivity contribution in [2.24, 2.45) is 0 Å². The van der Waals surface area contributed by atoms with E-state index in [4.69, 9.17) is 5.26 Å². The summed E-state index contributed by atoms with van der Waals surface area (Å²) < 4.78 is 0.900. The molecule has 0 aliphatic heterocycles. The Bertz CT molecular complexity index is 597. The summed E-state index contributed by atoms with van der Waals surface area (Å²) in [6.45, 7) is 2.18. The van der Waals surface area contributed by atoms with Crippen LogP contribution in [0.5, 0.6) is 0 Å². The minimum absolute atomic E-state index is 0.638. The van der Waals surface area contributed by atoms with Gasteiger partial charge in [0, 0.05) is 15.8 Å². The molecule has 0 saturated heterocycles. The fourth-order valence-electron chi connectivity index (χ4n) is 1.94. The third-order valence-corrected chi connectivity index (χ3v) is 3.27. The molecule has 0 unspecified atom stereocenters. The van der Waals surface area contributed by atoms with Crippen LogP contribution < -0.4 is 5.32 Å². The van der Waals surface area contributed by atoms with Crippen LogP contribution in [0.1, 0.15) is 24.5 Å². The van der Waals surface area contributed by atoms with E-state index < -0.39 is 0 Å². The van der Waals surface area contributed by atoms with Crippen LogP contribution in [0.4, 0.5) is 11.4 Å². The highest BCUT2D eigenvalue weighted by Gasteiger charge is 2.00. The summed E-state index contributed by atoms with van der Waals surface area (Å²) in [7, 11) is 0. The van der Waals surface area contributed by atoms with E-state index in [0.29, 0.717) is 5.56 Å². The molecule has 0 heterocycles. The zero-order valence-electron chi connectivity index (χ0n) is 10.8. The van der Waals surface area contributed by atoms with Crippen molar-refractivity contribution in [2.75, 3.05) is 5.32 Å². The Labute approximate surface area is 122 Å². The van der Waals surface area contributed by atoms with Crippen LogP contribution in [0.2, 0.25) is 0 Å². The Morgan fingerprint density at radius 1 is 1.11 bits per heavy atom. The molecule has 19 heavy (non-hydrogen) atoms. The van der Waals surface area contributed by atoms with Crippen molar-refractivity contribution in [1.82, 2.24) is 0 Å². The van der Waals surface area contributed by atoms with Gasteiger partial charge in [-0.05, 0) is 42.3 Å². The Kier molecular flexibility index (Phi) is 4.59. The number of hydrogen-bond acceptors (Lipinski definition) is 2. The SMILES string of the molecule is CCCc1ccc(Nc2cc(Br)cc(C#N)c2)cc1. The molecule has 0 spiro atoms. The van der Waals surface area contributed by atoms with E-state index in [1.54, 1.807) is 6.07 Å². The number of nitrogens with one attached hydrogen (secondary N) is 1. The second-order valence-corrected chi connectivity index (χ2v) is 5.33. The van der Waals surface area contributed by atoms with Gasteiger partial charge in [0.15, 0.2) is 0 Å². The zero-order chi connectivity index (χ0) is 13.7. The highest BCUT2D eigenvalue weighted by atomic mass is 79.9. The summed E-state index contributed by atoms with van der Waals surface area (Å²) in [5.74, 6) is 0. The highest BCUT2D eigenvalue weighted by Crippen LogP contribution is 2.23. The van der Waals surface area contributed by atoms with Crippen LogP contribution in [-0.2, 0) is 6.42 Å². The van der Waals surface area contributed by atoms with Crippen molar-refractivity contribution in [1.29, 1.82) is 5.26 Å². The lowest BCUT2D eigenvalue weighted by molar-refractivity contribution is 0.922. The van der Waals surface area contributed by atoms with Gasteiger partial charge in [-0.3, -0.25) is 0 Å². The van der Waals surface area contributed by atoms with Crippen molar-refractivity contribution >= 4 is 27.3 Å². The van der Waals surface area contributed by atoms with E-state index in [-0.39, 0.29) is 0 Å². The maximum Gasteiger partial charge on any atom is 0.0992 e. The van der Waals surface area contributed by atoms with Crippen molar-refractivity contribution in [2.45, 2.75) is 19.8 Å². The van der Waals surface area contributed by atoms with Crippen LogP contribution in [0.3, 0.4) is 0 Å². The number of hydrogen-bond donors (Lipinski definition) is 1. The first-order valence-corrected chi connectivity index (χ1v) is 7.07. The minimum atomic E-state index is 0.638. The maximum absolute atomic E-state index is 8.95. The number of anilines is 2. The standard InChI is InChI=1S/C16H15BrN2/c1-2-3-12-4-6-15(7-5-12)19-16-9-13(11-18)8-14(17)10-16/h4-10,19H,2-3H2,1H3. The third kappa shape index (κ3) is 3.84. The van der Waals surface area contributed by atoms with E-state index in [0.717, 1.165) is 28.7 Å². The quantitative estimate of drug-likeness (QED) is 0.860. The Morgan fingerprint density at radius 3 is 2.47 bits per heavy atom. The average molecular weight is 315 g/mol. The number of aryl methyl sites for hydroxylation is 1. The van der Waals surface area contributed by atoms with Crippen LogP contribution in [0, 0.1) is 11.3 Å². The summed E-state index contributed by atoms with van der Waals surface area (Å²) >= 11 is 3.41. The molecule has 2 rings (SSSR count). The first-order valence-electron chi connectivity index (χ1n) is 6.28. The van der Waals surface area contributed by atoms with Gasteiger partial charge in [-0.1, -0.05) is 41.4 Å². The van der Waals surface area contributed by atoms with Crippen molar-refractivity contribution in [3.05, 3.63) is 58.1 Å². The summed E-state index contributed by atoms with van der Waals surface area (Å²) in [6.07, 6.45) is 2.26. The largest absolute Gasteiger partial charge is 0.355 e. The van der Waals surface area contributed by atoms with Crippen molar-refractivity contribution < 1.29 is 0 Å². The molecule has 0 aliphatic rings. The van der Waals surface area contributed by atoms with Gasteiger partial charge in [-0.15, -0.1) is 0 Å². The van der Waals surface area contributed by atoms with Crippen LogP contribution >= 0.6 is 15.9 Å². The van der Waals surface area contributed by atoms with Crippen LogP contribution in [0.15, 0.2) is 46.9 Å². The molecule has 0 saturated carbocycles. The smallest absolute Gasteiger partial charge is 0.0992 e. The van der Waals surface area contributed by atoms with Gasteiger partial charge in [0.1, 0.15) is 0 Å².